The second-order valence-corrected chi connectivity index (χ2v) is 5.29. The number of aromatic hydroxyl groups is 1. The van der Waals surface area contributed by atoms with Gasteiger partial charge in [-0.1, -0.05) is 6.07 Å². The zero-order valence-corrected chi connectivity index (χ0v) is 12.2. The smallest absolute Gasteiger partial charge is 0.124 e. The van der Waals surface area contributed by atoms with Gasteiger partial charge in [0.2, 0.25) is 0 Å². The van der Waals surface area contributed by atoms with Crippen molar-refractivity contribution < 1.29 is 9.84 Å². The van der Waals surface area contributed by atoms with Crippen LogP contribution in [0.2, 0.25) is 0 Å². The molecule has 1 atom stereocenters. The van der Waals surface area contributed by atoms with Gasteiger partial charge >= 0.3 is 0 Å². The van der Waals surface area contributed by atoms with Gasteiger partial charge < -0.3 is 15.2 Å². The molecule has 1 unspecified atom stereocenters. The topological polar surface area (TPSA) is 41.5 Å². The summed E-state index contributed by atoms with van der Waals surface area (Å²) in [5.41, 5.74) is 0.917. The first-order valence-corrected chi connectivity index (χ1v) is 7.67. The maximum absolute atomic E-state index is 9.91. The van der Waals surface area contributed by atoms with Gasteiger partial charge in [-0.15, -0.1) is 0 Å². The van der Waals surface area contributed by atoms with Gasteiger partial charge in [-0.3, -0.25) is 0 Å². The molecule has 1 aromatic carbocycles. The Hall–Kier alpha value is -0.870. The second-order valence-electron chi connectivity index (χ2n) is 4.30. The molecule has 0 spiro atoms. The summed E-state index contributed by atoms with van der Waals surface area (Å²) in [4.78, 5) is 0. The van der Waals surface area contributed by atoms with E-state index in [1.54, 1.807) is 13.2 Å². The summed E-state index contributed by atoms with van der Waals surface area (Å²) >= 11 is 1.88. The van der Waals surface area contributed by atoms with Crippen LogP contribution in [-0.4, -0.2) is 30.8 Å². The Morgan fingerprint density at radius 2 is 2.17 bits per heavy atom. The highest BCUT2D eigenvalue weighted by molar-refractivity contribution is 7.98. The Balaban J connectivity index is 2.43. The molecule has 4 heteroatoms. The summed E-state index contributed by atoms with van der Waals surface area (Å²) in [7, 11) is 1.60. The number of unbranched alkanes of at least 4 members (excludes halogenated alkanes) is 1. The molecule has 102 valence electrons. The highest BCUT2D eigenvalue weighted by Crippen LogP contribution is 2.28. The van der Waals surface area contributed by atoms with E-state index >= 15 is 0 Å². The Morgan fingerprint density at radius 3 is 2.78 bits per heavy atom. The van der Waals surface area contributed by atoms with E-state index in [1.807, 2.05) is 23.9 Å². The zero-order valence-electron chi connectivity index (χ0n) is 11.4. The molecule has 0 saturated heterocycles. The fourth-order valence-electron chi connectivity index (χ4n) is 1.82. The molecule has 0 bridgehead atoms. The minimum atomic E-state index is 0.158. The number of phenolic OH excluding ortho intramolecular Hbond substituents is 1. The molecule has 0 heterocycles. The first-order valence-electron chi connectivity index (χ1n) is 6.28. The van der Waals surface area contributed by atoms with Gasteiger partial charge in [-0.05, 0) is 44.4 Å². The van der Waals surface area contributed by atoms with Crippen LogP contribution in [0.3, 0.4) is 0 Å². The van der Waals surface area contributed by atoms with E-state index in [0.717, 1.165) is 12.1 Å². The summed E-state index contributed by atoms with van der Waals surface area (Å²) in [5, 5.41) is 13.3. The van der Waals surface area contributed by atoms with E-state index in [4.69, 9.17) is 4.74 Å². The first-order chi connectivity index (χ1) is 8.69. The number of hydrogen-bond donors (Lipinski definition) is 2. The van der Waals surface area contributed by atoms with Crippen LogP contribution < -0.4 is 10.1 Å². The summed E-state index contributed by atoms with van der Waals surface area (Å²) in [6, 6.07) is 5.60. The third-order valence-corrected chi connectivity index (χ3v) is 3.63. The van der Waals surface area contributed by atoms with Crippen molar-refractivity contribution in [1.29, 1.82) is 0 Å². The van der Waals surface area contributed by atoms with Crippen molar-refractivity contribution in [3.8, 4) is 11.5 Å². The van der Waals surface area contributed by atoms with Crippen molar-refractivity contribution >= 4 is 11.8 Å². The zero-order chi connectivity index (χ0) is 13.4. The van der Waals surface area contributed by atoms with Gasteiger partial charge in [-0.2, -0.15) is 11.8 Å². The lowest BCUT2D eigenvalue weighted by Gasteiger charge is -2.16. The van der Waals surface area contributed by atoms with E-state index in [9.17, 15) is 5.11 Å². The predicted octanol–water partition coefficient (Wildman–Crippen LogP) is 3.19. The molecule has 3 nitrogen and oxygen atoms in total. The molecule has 2 N–H and O–H groups in total. The van der Waals surface area contributed by atoms with Gasteiger partial charge in [0, 0.05) is 17.7 Å². The summed E-state index contributed by atoms with van der Waals surface area (Å²) in [6.45, 7) is 3.04. The van der Waals surface area contributed by atoms with Crippen molar-refractivity contribution in [3.63, 3.8) is 0 Å². The molecule has 1 aromatic rings. The van der Waals surface area contributed by atoms with Crippen LogP contribution in [0.5, 0.6) is 11.5 Å². The van der Waals surface area contributed by atoms with Crippen molar-refractivity contribution in [2.24, 2.45) is 0 Å². The molecular weight excluding hydrogens is 246 g/mol. The molecule has 1 rings (SSSR count). The van der Waals surface area contributed by atoms with E-state index in [1.165, 1.54) is 18.6 Å². The lowest BCUT2D eigenvalue weighted by Crippen LogP contribution is -2.20. The summed E-state index contributed by atoms with van der Waals surface area (Å²) < 4.78 is 5.07. The number of nitrogens with one attached hydrogen (secondary N) is 1. The third kappa shape index (κ3) is 4.78. The predicted molar refractivity (Wildman–Crippen MR) is 78.7 cm³/mol. The number of phenols is 1. The molecule has 0 amide bonds. The van der Waals surface area contributed by atoms with E-state index in [0.29, 0.717) is 11.5 Å². The fraction of sp³-hybridized carbons (Fsp3) is 0.571. The number of rotatable bonds is 8. The van der Waals surface area contributed by atoms with Gasteiger partial charge in [0.25, 0.3) is 0 Å². The molecule has 0 radical (unpaired) electrons. The lowest BCUT2D eigenvalue weighted by molar-refractivity contribution is 0.404. The van der Waals surface area contributed by atoms with Gasteiger partial charge in [-0.25, -0.2) is 0 Å². The van der Waals surface area contributed by atoms with Crippen LogP contribution >= 0.6 is 11.8 Å². The van der Waals surface area contributed by atoms with Crippen LogP contribution in [0.1, 0.15) is 31.4 Å². The number of ether oxygens (including phenoxy) is 1. The largest absolute Gasteiger partial charge is 0.507 e. The van der Waals surface area contributed by atoms with Crippen LogP contribution in [0.4, 0.5) is 0 Å². The van der Waals surface area contributed by atoms with Gasteiger partial charge in [0.15, 0.2) is 0 Å². The standard InChI is InChI=1S/C14H23NO2S/c1-11(15-8-4-5-9-18-3)13-7-6-12(17-2)10-14(13)16/h6-7,10-11,15-16H,4-5,8-9H2,1-3H3. The van der Waals surface area contributed by atoms with Crippen molar-refractivity contribution in [1.82, 2.24) is 5.32 Å². The Bertz CT molecular complexity index is 358. The first kappa shape index (κ1) is 15.2. The van der Waals surface area contributed by atoms with E-state index in [2.05, 4.69) is 18.5 Å². The molecule has 0 aromatic heterocycles. The maximum Gasteiger partial charge on any atom is 0.124 e. The summed E-state index contributed by atoms with van der Waals surface area (Å²) in [5.74, 6) is 2.19. The summed E-state index contributed by atoms with van der Waals surface area (Å²) in [6.07, 6.45) is 4.53. The second kappa shape index (κ2) is 8.27. The Labute approximate surface area is 114 Å². The molecule has 0 aliphatic rings. The lowest BCUT2D eigenvalue weighted by atomic mass is 10.1. The molecule has 18 heavy (non-hydrogen) atoms. The number of thioether (sulfide) groups is 1. The van der Waals surface area contributed by atoms with E-state index < -0.39 is 0 Å². The molecule has 0 aliphatic heterocycles. The van der Waals surface area contributed by atoms with Crippen molar-refractivity contribution in [2.75, 3.05) is 25.7 Å². The van der Waals surface area contributed by atoms with Crippen LogP contribution in [-0.2, 0) is 0 Å². The van der Waals surface area contributed by atoms with Crippen molar-refractivity contribution in [2.45, 2.75) is 25.8 Å². The fourth-order valence-corrected chi connectivity index (χ4v) is 2.31. The molecular formula is C14H23NO2S. The minimum Gasteiger partial charge on any atom is -0.507 e. The normalized spacial score (nSPS) is 12.4. The highest BCUT2D eigenvalue weighted by atomic mass is 32.2. The number of hydrogen-bond acceptors (Lipinski definition) is 4. The monoisotopic (exact) mass is 269 g/mol. The molecule has 0 saturated carbocycles. The minimum absolute atomic E-state index is 0.158. The van der Waals surface area contributed by atoms with Crippen LogP contribution in [0.15, 0.2) is 18.2 Å². The third-order valence-electron chi connectivity index (χ3n) is 2.93. The van der Waals surface area contributed by atoms with Crippen LogP contribution in [0.25, 0.3) is 0 Å². The average molecular weight is 269 g/mol. The number of methoxy groups -OCH3 is 1. The van der Waals surface area contributed by atoms with Gasteiger partial charge in [0.05, 0.1) is 7.11 Å². The Kier molecular flexibility index (Phi) is 6.98. The molecule has 0 fully saturated rings. The maximum atomic E-state index is 9.91. The van der Waals surface area contributed by atoms with Crippen LogP contribution in [0, 0.1) is 0 Å². The quantitative estimate of drug-likeness (QED) is 0.711. The highest BCUT2D eigenvalue weighted by Gasteiger charge is 2.10. The Morgan fingerprint density at radius 1 is 1.39 bits per heavy atom. The van der Waals surface area contributed by atoms with Crippen molar-refractivity contribution in [3.05, 3.63) is 23.8 Å². The number of benzene rings is 1. The average Bonchev–Trinajstić information content (AvgIpc) is 2.38. The van der Waals surface area contributed by atoms with E-state index in [-0.39, 0.29) is 6.04 Å². The SMILES string of the molecule is COc1ccc(C(C)NCCCCSC)c(O)c1. The van der Waals surface area contributed by atoms with Gasteiger partial charge in [0.1, 0.15) is 11.5 Å². The molecule has 0 aliphatic carbocycles.